The summed E-state index contributed by atoms with van der Waals surface area (Å²) in [4.78, 5) is 0.411. The first-order valence-electron chi connectivity index (χ1n) is 4.60. The molecule has 0 N–H and O–H groups in total. The summed E-state index contributed by atoms with van der Waals surface area (Å²) >= 11 is 3.53. The highest BCUT2D eigenvalue weighted by Crippen LogP contribution is 2.18. The summed E-state index contributed by atoms with van der Waals surface area (Å²) in [5.41, 5.74) is 2.48. The Balaban J connectivity index is 2.91. The van der Waals surface area contributed by atoms with Crippen LogP contribution in [-0.4, -0.2) is 11.9 Å². The summed E-state index contributed by atoms with van der Waals surface area (Å²) in [5.74, 6) is 0.897. The van der Waals surface area contributed by atoms with Gasteiger partial charge in [0, 0.05) is 4.83 Å². The van der Waals surface area contributed by atoms with Crippen molar-refractivity contribution in [3.05, 3.63) is 35.4 Å². The Hall–Kier alpha value is -0.760. The van der Waals surface area contributed by atoms with Gasteiger partial charge in [0.2, 0.25) is 0 Å². The van der Waals surface area contributed by atoms with E-state index in [1.54, 1.807) is 7.11 Å². The van der Waals surface area contributed by atoms with Crippen LogP contribution < -0.4 is 4.74 Å². The minimum Gasteiger partial charge on any atom is -0.497 e. The summed E-state index contributed by atoms with van der Waals surface area (Å²) in [6.07, 6.45) is 2.15. The number of hydrogen-bond acceptors (Lipinski definition) is 1. The molecule has 0 fully saturated rings. The van der Waals surface area contributed by atoms with Gasteiger partial charge in [0.05, 0.1) is 7.11 Å². The molecule has 0 amide bonds. The van der Waals surface area contributed by atoms with Crippen LogP contribution >= 0.6 is 15.9 Å². The smallest absolute Gasteiger partial charge is 0.119 e. The Kier molecular flexibility index (Phi) is 4.21. The number of allylic oxidation sites excluding steroid dienone is 1. The third kappa shape index (κ3) is 3.18. The fourth-order valence-electron chi connectivity index (χ4n) is 1.11. The standard InChI is InChI=1S/C12H15BrO/c1-9(10(2)13)7-11-5-4-6-12(8-11)14-3/h4-8,10H,1-3H3/b9-7-. The minimum atomic E-state index is 0.411. The van der Waals surface area contributed by atoms with Gasteiger partial charge in [-0.1, -0.05) is 39.7 Å². The molecule has 14 heavy (non-hydrogen) atoms. The molecule has 0 aliphatic heterocycles. The van der Waals surface area contributed by atoms with Crippen LogP contribution in [0.25, 0.3) is 6.08 Å². The molecule has 1 unspecified atom stereocenters. The molecular weight excluding hydrogens is 240 g/mol. The lowest BCUT2D eigenvalue weighted by atomic mass is 10.1. The maximum atomic E-state index is 5.16. The number of ether oxygens (including phenoxy) is 1. The average molecular weight is 255 g/mol. The normalized spacial score (nSPS) is 13.9. The largest absolute Gasteiger partial charge is 0.497 e. The Morgan fingerprint density at radius 3 is 2.79 bits per heavy atom. The number of rotatable bonds is 3. The van der Waals surface area contributed by atoms with Crippen molar-refractivity contribution < 1.29 is 4.74 Å². The van der Waals surface area contributed by atoms with Crippen LogP contribution in [-0.2, 0) is 0 Å². The predicted molar refractivity (Wildman–Crippen MR) is 65.0 cm³/mol. The van der Waals surface area contributed by atoms with Gasteiger partial charge >= 0.3 is 0 Å². The van der Waals surface area contributed by atoms with Crippen molar-refractivity contribution in [2.45, 2.75) is 18.7 Å². The first-order valence-corrected chi connectivity index (χ1v) is 5.51. The maximum Gasteiger partial charge on any atom is 0.119 e. The van der Waals surface area contributed by atoms with Crippen LogP contribution in [0, 0.1) is 0 Å². The molecule has 1 nitrogen and oxygen atoms in total. The van der Waals surface area contributed by atoms with Gasteiger partial charge in [-0.25, -0.2) is 0 Å². The molecule has 76 valence electrons. The van der Waals surface area contributed by atoms with Crippen LogP contribution in [0.3, 0.4) is 0 Å². The molecule has 0 aliphatic carbocycles. The highest BCUT2D eigenvalue weighted by atomic mass is 79.9. The second kappa shape index (κ2) is 5.20. The van der Waals surface area contributed by atoms with Crippen molar-refractivity contribution >= 4 is 22.0 Å². The molecular formula is C12H15BrO. The number of methoxy groups -OCH3 is 1. The van der Waals surface area contributed by atoms with Gasteiger partial charge in [0.1, 0.15) is 5.75 Å². The van der Waals surface area contributed by atoms with E-state index in [9.17, 15) is 0 Å². The van der Waals surface area contributed by atoms with E-state index in [1.807, 2.05) is 18.2 Å². The SMILES string of the molecule is COc1cccc(/C=C(/C)C(C)Br)c1. The van der Waals surface area contributed by atoms with Gasteiger partial charge < -0.3 is 4.74 Å². The van der Waals surface area contributed by atoms with Crippen LogP contribution in [0.4, 0.5) is 0 Å². The molecule has 1 aromatic carbocycles. The lowest BCUT2D eigenvalue weighted by Crippen LogP contribution is -1.91. The molecule has 0 saturated heterocycles. The zero-order chi connectivity index (χ0) is 10.6. The molecule has 0 spiro atoms. The monoisotopic (exact) mass is 254 g/mol. The quantitative estimate of drug-likeness (QED) is 0.745. The summed E-state index contributed by atoms with van der Waals surface area (Å²) in [6, 6.07) is 8.04. The molecule has 1 aromatic rings. The van der Waals surface area contributed by atoms with Crippen LogP contribution in [0.1, 0.15) is 19.4 Å². The van der Waals surface area contributed by atoms with Crippen molar-refractivity contribution in [1.29, 1.82) is 0 Å². The van der Waals surface area contributed by atoms with E-state index in [2.05, 4.69) is 41.9 Å². The fraction of sp³-hybridized carbons (Fsp3) is 0.333. The van der Waals surface area contributed by atoms with E-state index < -0.39 is 0 Å². The Morgan fingerprint density at radius 1 is 1.50 bits per heavy atom. The van der Waals surface area contributed by atoms with Crippen LogP contribution in [0.15, 0.2) is 29.8 Å². The van der Waals surface area contributed by atoms with Gasteiger partial charge in [0.15, 0.2) is 0 Å². The molecule has 0 aromatic heterocycles. The molecule has 1 rings (SSSR count). The zero-order valence-corrected chi connectivity index (χ0v) is 10.3. The highest BCUT2D eigenvalue weighted by molar-refractivity contribution is 9.09. The van der Waals surface area contributed by atoms with Crippen molar-refractivity contribution in [2.75, 3.05) is 7.11 Å². The third-order valence-electron chi connectivity index (χ3n) is 2.12. The van der Waals surface area contributed by atoms with E-state index in [4.69, 9.17) is 4.74 Å². The molecule has 2 heteroatoms. The predicted octanol–water partition coefficient (Wildman–Crippen LogP) is 3.88. The lowest BCUT2D eigenvalue weighted by molar-refractivity contribution is 0.414. The summed E-state index contributed by atoms with van der Waals surface area (Å²) in [5, 5.41) is 0. The number of benzene rings is 1. The molecule has 1 atom stereocenters. The van der Waals surface area contributed by atoms with E-state index >= 15 is 0 Å². The topological polar surface area (TPSA) is 9.23 Å². The molecule has 0 radical (unpaired) electrons. The Labute approximate surface area is 93.9 Å². The van der Waals surface area contributed by atoms with E-state index in [0.29, 0.717) is 4.83 Å². The van der Waals surface area contributed by atoms with E-state index in [0.717, 1.165) is 5.75 Å². The fourth-order valence-corrected chi connectivity index (χ4v) is 1.24. The second-order valence-corrected chi connectivity index (χ2v) is 4.65. The van der Waals surface area contributed by atoms with Gasteiger partial charge in [0.25, 0.3) is 0 Å². The van der Waals surface area contributed by atoms with Crippen molar-refractivity contribution in [3.8, 4) is 5.75 Å². The molecule has 0 bridgehead atoms. The second-order valence-electron chi connectivity index (χ2n) is 3.28. The summed E-state index contributed by atoms with van der Waals surface area (Å²) < 4.78 is 5.16. The van der Waals surface area contributed by atoms with Gasteiger partial charge in [-0.2, -0.15) is 0 Å². The maximum absolute atomic E-state index is 5.16. The Bertz CT molecular complexity index is 329. The van der Waals surface area contributed by atoms with Crippen LogP contribution in [0.2, 0.25) is 0 Å². The van der Waals surface area contributed by atoms with E-state index in [-0.39, 0.29) is 0 Å². The number of hydrogen-bond donors (Lipinski definition) is 0. The average Bonchev–Trinajstić information content (AvgIpc) is 2.18. The highest BCUT2D eigenvalue weighted by Gasteiger charge is 1.98. The van der Waals surface area contributed by atoms with Crippen LogP contribution in [0.5, 0.6) is 5.75 Å². The zero-order valence-electron chi connectivity index (χ0n) is 8.75. The molecule has 0 heterocycles. The first-order chi connectivity index (χ1) is 6.63. The summed E-state index contributed by atoms with van der Waals surface area (Å²) in [6.45, 7) is 4.23. The van der Waals surface area contributed by atoms with Crippen molar-refractivity contribution in [2.24, 2.45) is 0 Å². The van der Waals surface area contributed by atoms with E-state index in [1.165, 1.54) is 11.1 Å². The minimum absolute atomic E-state index is 0.411. The van der Waals surface area contributed by atoms with Crippen molar-refractivity contribution in [1.82, 2.24) is 0 Å². The molecule has 0 aliphatic rings. The Morgan fingerprint density at radius 2 is 2.21 bits per heavy atom. The number of alkyl halides is 1. The first kappa shape index (κ1) is 11.3. The summed E-state index contributed by atoms with van der Waals surface area (Å²) in [7, 11) is 1.68. The van der Waals surface area contributed by atoms with Crippen molar-refractivity contribution in [3.63, 3.8) is 0 Å². The van der Waals surface area contributed by atoms with Gasteiger partial charge in [-0.3, -0.25) is 0 Å². The molecule has 0 saturated carbocycles. The van der Waals surface area contributed by atoms with Gasteiger partial charge in [-0.15, -0.1) is 0 Å². The number of halogens is 1. The third-order valence-corrected chi connectivity index (χ3v) is 2.84. The van der Waals surface area contributed by atoms with Gasteiger partial charge in [-0.05, 0) is 31.5 Å². The lowest BCUT2D eigenvalue weighted by Gasteiger charge is -2.04.